The molecule has 318 valence electrons. The van der Waals surface area contributed by atoms with Gasteiger partial charge >= 0.3 is 17.9 Å². The highest BCUT2D eigenvalue weighted by molar-refractivity contribution is 5.72. The molecule has 2 unspecified atom stereocenters. The average Bonchev–Trinajstić information content (AvgIpc) is 3.14. The Labute approximate surface area is 337 Å². The van der Waals surface area contributed by atoms with Crippen LogP contribution in [-0.2, 0) is 28.6 Å². The monoisotopic (exact) mass is 775 g/mol. The maximum absolute atomic E-state index is 12.7. The van der Waals surface area contributed by atoms with Crippen LogP contribution in [0.5, 0.6) is 0 Å². The van der Waals surface area contributed by atoms with Crippen molar-refractivity contribution >= 4 is 17.9 Å². The second-order valence-electron chi connectivity index (χ2n) is 15.9. The number of carbonyl (C=O) groups is 3. The molecule has 0 aliphatic heterocycles. The number of likely N-dealkylation sites (N-methyl/N-ethyl adjacent to an activating group) is 1. The van der Waals surface area contributed by atoms with Crippen molar-refractivity contribution in [3.05, 3.63) is 48.6 Å². The maximum atomic E-state index is 12.7. The van der Waals surface area contributed by atoms with E-state index in [1.54, 1.807) is 0 Å². The predicted octanol–water partition coefficient (Wildman–Crippen LogP) is 12.0. The summed E-state index contributed by atoms with van der Waals surface area (Å²) >= 11 is 0. The number of rotatable bonds is 39. The number of carboxylic acid groups (broad SMARTS) is 1. The number of hydrogen-bond donors (Lipinski definition) is 1. The first-order valence-electron chi connectivity index (χ1n) is 22.2. The quantitative estimate of drug-likeness (QED) is 0.0287. The van der Waals surface area contributed by atoms with Crippen molar-refractivity contribution < 1.29 is 38.2 Å². The normalized spacial score (nSPS) is 13.4. The molecule has 8 heteroatoms. The first-order valence-corrected chi connectivity index (χ1v) is 22.2. The zero-order valence-electron chi connectivity index (χ0n) is 36.1. The molecule has 0 saturated carbocycles. The molecular weight excluding hydrogens is 691 g/mol. The summed E-state index contributed by atoms with van der Waals surface area (Å²) in [5.41, 5.74) is 0. The molecule has 0 aromatic carbocycles. The number of quaternary nitrogens is 1. The topological polar surface area (TPSA) is 99.1 Å². The lowest BCUT2D eigenvalue weighted by Gasteiger charge is -2.31. The van der Waals surface area contributed by atoms with Crippen LogP contribution < -0.4 is 0 Å². The molecule has 0 spiro atoms. The van der Waals surface area contributed by atoms with Gasteiger partial charge in [0, 0.05) is 19.3 Å². The van der Waals surface area contributed by atoms with Gasteiger partial charge in [0.25, 0.3) is 0 Å². The molecule has 0 aliphatic carbocycles. The summed E-state index contributed by atoms with van der Waals surface area (Å²) in [6, 6.07) is -0.617. The van der Waals surface area contributed by atoms with E-state index in [1.165, 1.54) is 77.0 Å². The van der Waals surface area contributed by atoms with Gasteiger partial charge in [0.1, 0.15) is 6.61 Å². The van der Waals surface area contributed by atoms with Gasteiger partial charge in [0.05, 0.1) is 34.4 Å². The molecule has 8 nitrogen and oxygen atoms in total. The van der Waals surface area contributed by atoms with Crippen molar-refractivity contribution in [3.63, 3.8) is 0 Å². The zero-order chi connectivity index (χ0) is 40.7. The summed E-state index contributed by atoms with van der Waals surface area (Å²) in [5.74, 6) is -1.49. The van der Waals surface area contributed by atoms with Gasteiger partial charge in [-0.2, -0.15) is 0 Å². The van der Waals surface area contributed by atoms with E-state index >= 15 is 0 Å². The molecule has 0 bridgehead atoms. The third kappa shape index (κ3) is 36.7. The van der Waals surface area contributed by atoms with Gasteiger partial charge in [-0.1, -0.05) is 140 Å². The van der Waals surface area contributed by atoms with Gasteiger partial charge in [-0.3, -0.25) is 9.59 Å². The molecule has 0 aromatic heterocycles. The number of nitrogens with zero attached hydrogens (tertiary/aromatic N) is 1. The zero-order valence-corrected chi connectivity index (χ0v) is 36.1. The van der Waals surface area contributed by atoms with Crippen molar-refractivity contribution in [2.24, 2.45) is 0 Å². The van der Waals surface area contributed by atoms with Crippen LogP contribution in [0.4, 0.5) is 0 Å². The first kappa shape index (κ1) is 52.3. The number of carbonyl (C=O) groups excluding carboxylic acids is 2. The number of aliphatic carboxylic acids is 1. The molecular formula is C47H84NO7+. The third-order valence-electron chi connectivity index (χ3n) is 9.71. The second-order valence-corrected chi connectivity index (χ2v) is 15.9. The van der Waals surface area contributed by atoms with Crippen molar-refractivity contribution in [1.29, 1.82) is 0 Å². The highest BCUT2D eigenvalue weighted by Crippen LogP contribution is 2.14. The molecule has 2 atom stereocenters. The smallest absolute Gasteiger partial charge is 0.362 e. The molecule has 0 aliphatic rings. The summed E-state index contributed by atoms with van der Waals surface area (Å²) in [7, 11) is 5.52. The van der Waals surface area contributed by atoms with E-state index in [-0.39, 0.29) is 36.2 Å². The largest absolute Gasteiger partial charge is 0.477 e. The van der Waals surface area contributed by atoms with Crippen LogP contribution >= 0.6 is 0 Å². The lowest BCUT2D eigenvalue weighted by molar-refractivity contribution is -0.887. The SMILES string of the molecule is CC/C=C/C/C=C/CCCCCCCCCC(=O)OC(COCCC(C(=O)O)[N+](C)(C)C)COC(=O)CCCCCCCCC/C=C/C/C=C/CCCCC. The van der Waals surface area contributed by atoms with E-state index in [9.17, 15) is 19.5 Å². The third-order valence-corrected chi connectivity index (χ3v) is 9.71. The lowest BCUT2D eigenvalue weighted by Crippen LogP contribution is -2.50. The fourth-order valence-electron chi connectivity index (χ4n) is 6.28. The van der Waals surface area contributed by atoms with E-state index in [0.29, 0.717) is 19.3 Å². The Bertz CT molecular complexity index is 1040. The first-order chi connectivity index (χ1) is 26.6. The molecule has 0 amide bonds. The van der Waals surface area contributed by atoms with Gasteiger partial charge in [-0.15, -0.1) is 0 Å². The Morgan fingerprint density at radius 2 is 1.02 bits per heavy atom. The van der Waals surface area contributed by atoms with Crippen LogP contribution in [0.2, 0.25) is 0 Å². The van der Waals surface area contributed by atoms with E-state index < -0.39 is 18.1 Å². The Balaban J connectivity index is 4.35. The van der Waals surface area contributed by atoms with Crippen LogP contribution in [0.15, 0.2) is 48.6 Å². The summed E-state index contributed by atoms with van der Waals surface area (Å²) < 4.78 is 17.3. The summed E-state index contributed by atoms with van der Waals surface area (Å²) in [6.07, 6.45) is 44.3. The number of esters is 2. The molecule has 0 radical (unpaired) electrons. The van der Waals surface area contributed by atoms with Crippen LogP contribution in [0.1, 0.15) is 181 Å². The molecule has 55 heavy (non-hydrogen) atoms. The van der Waals surface area contributed by atoms with Crippen molar-refractivity contribution in [2.45, 2.75) is 193 Å². The van der Waals surface area contributed by atoms with E-state index in [0.717, 1.165) is 70.6 Å². The van der Waals surface area contributed by atoms with Gasteiger partial charge in [0.15, 0.2) is 12.1 Å². The Morgan fingerprint density at radius 1 is 0.564 bits per heavy atom. The van der Waals surface area contributed by atoms with E-state index in [2.05, 4.69) is 62.5 Å². The Hall–Kier alpha value is -2.71. The van der Waals surface area contributed by atoms with Crippen LogP contribution in [0, 0.1) is 0 Å². The Morgan fingerprint density at radius 3 is 1.49 bits per heavy atom. The number of hydrogen-bond acceptors (Lipinski definition) is 6. The molecule has 0 rings (SSSR count). The molecule has 0 saturated heterocycles. The van der Waals surface area contributed by atoms with E-state index in [1.807, 2.05) is 21.1 Å². The fourth-order valence-corrected chi connectivity index (χ4v) is 6.28. The number of ether oxygens (including phenoxy) is 3. The lowest BCUT2D eigenvalue weighted by atomic mass is 10.1. The Kier molecular flexibility index (Phi) is 36.3. The van der Waals surface area contributed by atoms with Gasteiger partial charge in [-0.25, -0.2) is 4.79 Å². The predicted molar refractivity (Wildman–Crippen MR) is 229 cm³/mol. The fraction of sp³-hybridized carbons (Fsp3) is 0.766. The van der Waals surface area contributed by atoms with Crippen LogP contribution in [-0.4, -0.2) is 80.6 Å². The van der Waals surface area contributed by atoms with Crippen molar-refractivity contribution in [1.82, 2.24) is 0 Å². The van der Waals surface area contributed by atoms with Gasteiger partial charge < -0.3 is 23.8 Å². The van der Waals surface area contributed by atoms with Gasteiger partial charge in [-0.05, 0) is 70.6 Å². The molecule has 0 fully saturated rings. The second kappa shape index (κ2) is 38.2. The standard InChI is InChI=1S/C47H83NO7/c1-6-8-10-12-14-16-18-20-22-23-24-26-27-29-31-33-35-37-45(49)54-42-43(41-53-40-39-44(47(51)52)48(3,4)5)55-46(50)38-36-34-32-30-28-25-21-19-17-15-13-11-9-7-2/h9,11,14-17,20,22,43-44H,6-8,10,12-13,18-19,21,23-42H2,1-5H3/p+1/b11-9+,16-14+,17-15+,22-20+. The minimum Gasteiger partial charge on any atom is -0.477 e. The van der Waals surface area contributed by atoms with Crippen LogP contribution in [0.25, 0.3) is 0 Å². The van der Waals surface area contributed by atoms with Crippen molar-refractivity contribution in [3.8, 4) is 0 Å². The summed E-state index contributed by atoms with van der Waals surface area (Å²) in [4.78, 5) is 37.0. The van der Waals surface area contributed by atoms with Gasteiger partial charge in [0.2, 0.25) is 0 Å². The van der Waals surface area contributed by atoms with Crippen molar-refractivity contribution in [2.75, 3.05) is 41.0 Å². The molecule has 1 N–H and O–H groups in total. The highest BCUT2D eigenvalue weighted by atomic mass is 16.6. The maximum Gasteiger partial charge on any atom is 0.362 e. The minimum absolute atomic E-state index is 0.0547. The average molecular weight is 775 g/mol. The van der Waals surface area contributed by atoms with E-state index in [4.69, 9.17) is 14.2 Å². The number of carboxylic acids is 1. The molecule has 0 aromatic rings. The molecule has 0 heterocycles. The summed E-state index contributed by atoms with van der Waals surface area (Å²) in [6.45, 7) is 4.59. The van der Waals surface area contributed by atoms with Crippen LogP contribution in [0.3, 0.4) is 0 Å². The minimum atomic E-state index is -0.879. The summed E-state index contributed by atoms with van der Waals surface area (Å²) in [5, 5.41) is 9.62. The number of unbranched alkanes of at least 4 members (excludes halogenated alkanes) is 17. The number of allylic oxidation sites excluding steroid dienone is 8. The highest BCUT2D eigenvalue weighted by Gasteiger charge is 2.31.